The predicted octanol–water partition coefficient (Wildman–Crippen LogP) is 3.41. The number of methoxy groups -OCH3 is 1. The van der Waals surface area contributed by atoms with E-state index in [0.29, 0.717) is 17.9 Å². The fourth-order valence-electron chi connectivity index (χ4n) is 2.27. The highest BCUT2D eigenvalue weighted by molar-refractivity contribution is 5.95. The van der Waals surface area contributed by atoms with Crippen LogP contribution in [0, 0.1) is 13.8 Å². The minimum atomic E-state index is -0.365. The zero-order chi connectivity index (χ0) is 15.4. The number of rotatable bonds is 4. The summed E-state index contributed by atoms with van der Waals surface area (Å²) in [7, 11) is 1.37. The molecule has 0 amide bonds. The van der Waals surface area contributed by atoms with Crippen molar-refractivity contribution in [3.63, 3.8) is 0 Å². The molecule has 0 radical (unpaired) electrons. The largest absolute Gasteiger partial charge is 0.507 e. The van der Waals surface area contributed by atoms with Crippen molar-refractivity contribution in [3.05, 3.63) is 58.7 Å². The fourth-order valence-corrected chi connectivity index (χ4v) is 2.27. The topological polar surface area (TPSA) is 58.6 Å². The number of aromatic hydroxyl groups is 1. The number of aryl methyl sites for hydroxylation is 2. The fraction of sp³-hybridized carbons (Fsp3) is 0.235. The second-order valence-corrected chi connectivity index (χ2v) is 4.97. The predicted molar refractivity (Wildman–Crippen MR) is 82.7 cm³/mol. The van der Waals surface area contributed by atoms with Gasteiger partial charge < -0.3 is 15.2 Å². The van der Waals surface area contributed by atoms with Crippen molar-refractivity contribution in [2.45, 2.75) is 20.4 Å². The molecule has 0 fully saturated rings. The lowest BCUT2D eigenvalue weighted by Crippen LogP contribution is -2.08. The quantitative estimate of drug-likeness (QED) is 0.845. The zero-order valence-corrected chi connectivity index (χ0v) is 12.4. The third-order valence-electron chi connectivity index (χ3n) is 3.37. The van der Waals surface area contributed by atoms with E-state index >= 15 is 0 Å². The van der Waals surface area contributed by atoms with Gasteiger partial charge in [0.2, 0.25) is 0 Å². The molecular weight excluding hydrogens is 266 g/mol. The van der Waals surface area contributed by atoms with Crippen LogP contribution in [0.25, 0.3) is 0 Å². The smallest absolute Gasteiger partial charge is 0.339 e. The van der Waals surface area contributed by atoms with Crippen LogP contribution < -0.4 is 5.32 Å². The zero-order valence-electron chi connectivity index (χ0n) is 12.4. The van der Waals surface area contributed by atoms with Crippen molar-refractivity contribution in [1.82, 2.24) is 0 Å². The van der Waals surface area contributed by atoms with Gasteiger partial charge in [-0.3, -0.25) is 0 Å². The van der Waals surface area contributed by atoms with Crippen LogP contribution in [0.5, 0.6) is 5.75 Å². The number of esters is 1. The van der Waals surface area contributed by atoms with Crippen molar-refractivity contribution in [2.75, 3.05) is 12.4 Å². The van der Waals surface area contributed by atoms with E-state index in [2.05, 4.69) is 5.32 Å². The van der Waals surface area contributed by atoms with E-state index in [9.17, 15) is 9.90 Å². The van der Waals surface area contributed by atoms with Crippen LogP contribution in [-0.2, 0) is 11.3 Å². The third kappa shape index (κ3) is 3.34. The number of nitrogens with one attached hydrogen (secondary N) is 1. The van der Waals surface area contributed by atoms with Gasteiger partial charge in [-0.05, 0) is 42.7 Å². The first-order chi connectivity index (χ1) is 10.0. The molecule has 0 aliphatic carbocycles. The lowest BCUT2D eigenvalue weighted by molar-refractivity contribution is 0.0602. The monoisotopic (exact) mass is 285 g/mol. The first-order valence-electron chi connectivity index (χ1n) is 6.73. The van der Waals surface area contributed by atoms with Gasteiger partial charge in [-0.25, -0.2) is 4.79 Å². The molecule has 0 heterocycles. The van der Waals surface area contributed by atoms with Gasteiger partial charge in [-0.2, -0.15) is 0 Å². The standard InChI is InChI=1S/C17H19NO3/c1-11-8-13(9-12(2)16(11)19)10-18-15-7-5-4-6-14(15)17(20)21-3/h4-9,18-19H,10H2,1-3H3. The number of phenolic OH excluding ortho intramolecular Hbond substituents is 1. The van der Waals surface area contributed by atoms with Crippen LogP contribution in [0.4, 0.5) is 5.69 Å². The SMILES string of the molecule is COC(=O)c1ccccc1NCc1cc(C)c(O)c(C)c1. The number of phenols is 1. The number of hydrogen-bond acceptors (Lipinski definition) is 4. The molecule has 0 saturated carbocycles. The first-order valence-corrected chi connectivity index (χ1v) is 6.73. The van der Waals surface area contributed by atoms with E-state index in [0.717, 1.165) is 22.4 Å². The molecule has 0 atom stereocenters. The number of carbonyl (C=O) groups excluding carboxylic acids is 1. The highest BCUT2D eigenvalue weighted by atomic mass is 16.5. The van der Waals surface area contributed by atoms with Crippen LogP contribution in [-0.4, -0.2) is 18.2 Å². The molecule has 21 heavy (non-hydrogen) atoms. The van der Waals surface area contributed by atoms with Crippen LogP contribution in [0.2, 0.25) is 0 Å². The number of ether oxygens (including phenoxy) is 1. The average Bonchev–Trinajstić information content (AvgIpc) is 2.50. The molecule has 0 aliphatic rings. The van der Waals surface area contributed by atoms with Crippen molar-refractivity contribution >= 4 is 11.7 Å². The third-order valence-corrected chi connectivity index (χ3v) is 3.37. The molecule has 4 heteroatoms. The lowest BCUT2D eigenvalue weighted by Gasteiger charge is -2.12. The number of hydrogen-bond donors (Lipinski definition) is 2. The summed E-state index contributed by atoms with van der Waals surface area (Å²) < 4.78 is 4.77. The molecule has 0 saturated heterocycles. The molecule has 2 aromatic carbocycles. The minimum absolute atomic E-state index is 0.328. The second kappa shape index (κ2) is 6.31. The molecule has 4 nitrogen and oxygen atoms in total. The Morgan fingerprint density at radius 2 is 1.81 bits per heavy atom. The van der Waals surface area contributed by atoms with Crippen molar-refractivity contribution in [2.24, 2.45) is 0 Å². The van der Waals surface area contributed by atoms with Gasteiger partial charge in [0.1, 0.15) is 5.75 Å². The first kappa shape index (κ1) is 14.9. The summed E-state index contributed by atoms with van der Waals surface area (Å²) >= 11 is 0. The Kier molecular flexibility index (Phi) is 4.48. The summed E-state index contributed by atoms with van der Waals surface area (Å²) in [6.07, 6.45) is 0. The van der Waals surface area contributed by atoms with Crippen molar-refractivity contribution < 1.29 is 14.6 Å². The number of carbonyl (C=O) groups is 1. The molecule has 110 valence electrons. The molecule has 0 aliphatic heterocycles. The minimum Gasteiger partial charge on any atom is -0.507 e. The second-order valence-electron chi connectivity index (χ2n) is 4.97. The van der Waals surface area contributed by atoms with E-state index in [4.69, 9.17) is 4.74 Å². The van der Waals surface area contributed by atoms with E-state index in [1.165, 1.54) is 7.11 Å². The summed E-state index contributed by atoms with van der Waals surface area (Å²) in [6, 6.07) is 11.1. The summed E-state index contributed by atoms with van der Waals surface area (Å²) in [5.74, 6) is -0.0371. The van der Waals surface area contributed by atoms with Crippen LogP contribution in [0.3, 0.4) is 0 Å². The normalized spacial score (nSPS) is 10.2. The highest BCUT2D eigenvalue weighted by Crippen LogP contribution is 2.24. The maximum absolute atomic E-state index is 11.7. The van der Waals surface area contributed by atoms with E-state index < -0.39 is 0 Å². The van der Waals surface area contributed by atoms with Crippen LogP contribution in [0.1, 0.15) is 27.0 Å². The van der Waals surface area contributed by atoms with Gasteiger partial charge in [0, 0.05) is 12.2 Å². The molecule has 0 bridgehead atoms. The summed E-state index contributed by atoms with van der Waals surface area (Å²) in [5, 5.41) is 13.0. The van der Waals surface area contributed by atoms with E-state index in [-0.39, 0.29) is 5.97 Å². The van der Waals surface area contributed by atoms with Crippen LogP contribution in [0.15, 0.2) is 36.4 Å². The van der Waals surface area contributed by atoms with Gasteiger partial charge in [0.15, 0.2) is 0 Å². The molecular formula is C17H19NO3. The van der Waals surface area contributed by atoms with Gasteiger partial charge in [-0.1, -0.05) is 24.3 Å². The number of benzene rings is 2. The average molecular weight is 285 g/mol. The Morgan fingerprint density at radius 3 is 2.43 bits per heavy atom. The Morgan fingerprint density at radius 1 is 1.19 bits per heavy atom. The van der Waals surface area contributed by atoms with E-state index in [1.807, 2.05) is 38.1 Å². The molecule has 2 rings (SSSR count). The van der Waals surface area contributed by atoms with Gasteiger partial charge in [0.05, 0.1) is 12.7 Å². The van der Waals surface area contributed by atoms with Gasteiger partial charge in [0.25, 0.3) is 0 Å². The molecule has 2 aromatic rings. The summed E-state index contributed by atoms with van der Waals surface area (Å²) in [6.45, 7) is 4.30. The number of para-hydroxylation sites is 1. The maximum atomic E-state index is 11.7. The Balaban J connectivity index is 2.19. The van der Waals surface area contributed by atoms with Gasteiger partial charge >= 0.3 is 5.97 Å². The van der Waals surface area contributed by atoms with Crippen molar-refractivity contribution in [1.29, 1.82) is 0 Å². The van der Waals surface area contributed by atoms with Crippen molar-refractivity contribution in [3.8, 4) is 5.75 Å². The van der Waals surface area contributed by atoms with Gasteiger partial charge in [-0.15, -0.1) is 0 Å². The Bertz CT molecular complexity index is 642. The lowest BCUT2D eigenvalue weighted by atomic mass is 10.1. The highest BCUT2D eigenvalue weighted by Gasteiger charge is 2.11. The Hall–Kier alpha value is -2.49. The molecule has 0 spiro atoms. The molecule has 2 N–H and O–H groups in total. The molecule has 0 aromatic heterocycles. The maximum Gasteiger partial charge on any atom is 0.339 e. The summed E-state index contributed by atoms with van der Waals surface area (Å²) in [4.78, 5) is 11.7. The summed E-state index contributed by atoms with van der Waals surface area (Å²) in [5.41, 5.74) is 3.96. The van der Waals surface area contributed by atoms with E-state index in [1.54, 1.807) is 12.1 Å². The Labute approximate surface area is 124 Å². The van der Waals surface area contributed by atoms with Crippen LogP contribution >= 0.6 is 0 Å². The number of anilines is 1. The molecule has 0 unspecified atom stereocenters.